The summed E-state index contributed by atoms with van der Waals surface area (Å²) in [6, 6.07) is 3.59. The summed E-state index contributed by atoms with van der Waals surface area (Å²) in [6.07, 6.45) is 3.44. The first-order chi connectivity index (χ1) is 7.87. The van der Waals surface area contributed by atoms with Gasteiger partial charge in [0.05, 0.1) is 14.9 Å². The summed E-state index contributed by atoms with van der Waals surface area (Å²) in [6.45, 7) is 4.54. The molecule has 1 aliphatic carbocycles. The van der Waals surface area contributed by atoms with Gasteiger partial charge in [0.25, 0.3) is 0 Å². The van der Waals surface area contributed by atoms with Crippen molar-refractivity contribution >= 4 is 34.0 Å². The van der Waals surface area contributed by atoms with Crippen LogP contribution in [0.2, 0.25) is 0 Å². The lowest BCUT2D eigenvalue weighted by Crippen LogP contribution is -2.18. The first-order valence-corrected chi connectivity index (χ1v) is 6.96. The summed E-state index contributed by atoms with van der Waals surface area (Å²) in [5.74, 6) is -0.209. The van der Waals surface area contributed by atoms with Crippen LogP contribution in [0.25, 0.3) is 0 Å². The second kappa shape index (κ2) is 4.63. The van der Waals surface area contributed by atoms with Gasteiger partial charge in [-0.3, -0.25) is 0 Å². The van der Waals surface area contributed by atoms with Gasteiger partial charge in [-0.05, 0) is 53.3 Å². The third kappa shape index (κ3) is 3.03. The van der Waals surface area contributed by atoms with E-state index < -0.39 is 0 Å². The van der Waals surface area contributed by atoms with E-state index in [0.29, 0.717) is 20.7 Å². The van der Waals surface area contributed by atoms with Crippen molar-refractivity contribution in [3.63, 3.8) is 0 Å². The Morgan fingerprint density at radius 3 is 2.76 bits per heavy atom. The van der Waals surface area contributed by atoms with Gasteiger partial charge in [0.1, 0.15) is 5.82 Å². The van der Waals surface area contributed by atoms with Crippen LogP contribution in [0.5, 0.6) is 0 Å². The van der Waals surface area contributed by atoms with Crippen molar-refractivity contribution < 1.29 is 4.39 Å². The number of hydrogen-bond donors (Lipinski definition) is 2. The lowest BCUT2D eigenvalue weighted by atomic mass is 9.92. The van der Waals surface area contributed by atoms with Gasteiger partial charge in [-0.25, -0.2) is 4.39 Å². The predicted octanol–water partition coefficient (Wildman–Crippen LogP) is 4.00. The van der Waals surface area contributed by atoms with Crippen LogP contribution in [0.15, 0.2) is 12.1 Å². The van der Waals surface area contributed by atoms with E-state index in [1.807, 2.05) is 22.6 Å². The molecule has 2 rings (SSSR count). The van der Waals surface area contributed by atoms with Crippen molar-refractivity contribution in [1.82, 2.24) is 0 Å². The SMILES string of the molecule is CC1(C)CCC(Nc2cc(F)c(I)cc2N)C1. The molecule has 0 aromatic heterocycles. The zero-order valence-electron chi connectivity index (χ0n) is 10.2. The van der Waals surface area contributed by atoms with E-state index in [1.54, 1.807) is 6.07 Å². The Kier molecular flexibility index (Phi) is 3.52. The monoisotopic (exact) mass is 348 g/mol. The summed E-state index contributed by atoms with van der Waals surface area (Å²) in [7, 11) is 0. The number of nitrogen functional groups attached to an aromatic ring is 1. The Labute approximate surface area is 115 Å². The average Bonchev–Trinajstić information content (AvgIpc) is 2.54. The molecule has 1 aromatic carbocycles. The number of nitrogens with two attached hydrogens (primary N) is 1. The topological polar surface area (TPSA) is 38.0 Å². The Morgan fingerprint density at radius 1 is 1.47 bits per heavy atom. The maximum absolute atomic E-state index is 13.5. The number of anilines is 2. The highest BCUT2D eigenvalue weighted by molar-refractivity contribution is 14.1. The fourth-order valence-corrected chi connectivity index (χ4v) is 2.96. The van der Waals surface area contributed by atoms with Crippen molar-refractivity contribution in [2.75, 3.05) is 11.1 Å². The second-order valence-corrected chi connectivity index (χ2v) is 6.76. The van der Waals surface area contributed by atoms with E-state index >= 15 is 0 Å². The molecular formula is C13H18FIN2. The molecule has 0 amide bonds. The molecule has 1 atom stereocenters. The van der Waals surface area contributed by atoms with E-state index in [0.717, 1.165) is 18.5 Å². The highest BCUT2D eigenvalue weighted by atomic mass is 127. The summed E-state index contributed by atoms with van der Waals surface area (Å²) < 4.78 is 14.0. The van der Waals surface area contributed by atoms with Crippen LogP contribution in [-0.4, -0.2) is 6.04 Å². The minimum absolute atomic E-state index is 0.209. The van der Waals surface area contributed by atoms with Crippen LogP contribution in [-0.2, 0) is 0 Å². The average molecular weight is 348 g/mol. The summed E-state index contributed by atoms with van der Waals surface area (Å²) in [5.41, 5.74) is 7.64. The smallest absolute Gasteiger partial charge is 0.138 e. The highest BCUT2D eigenvalue weighted by Crippen LogP contribution is 2.39. The molecular weight excluding hydrogens is 330 g/mol. The zero-order chi connectivity index (χ0) is 12.6. The molecule has 1 aliphatic rings. The number of hydrogen-bond acceptors (Lipinski definition) is 2. The highest BCUT2D eigenvalue weighted by Gasteiger charge is 2.31. The van der Waals surface area contributed by atoms with Crippen LogP contribution >= 0.6 is 22.6 Å². The predicted molar refractivity (Wildman–Crippen MR) is 78.6 cm³/mol. The molecule has 2 nitrogen and oxygen atoms in total. The standard InChI is InChI=1S/C13H18FIN2/c1-13(2)4-3-8(7-13)17-12-5-9(14)10(15)6-11(12)16/h5-6,8,17H,3-4,7,16H2,1-2H3. The Balaban J connectivity index is 2.12. The van der Waals surface area contributed by atoms with Gasteiger partial charge < -0.3 is 11.1 Å². The second-order valence-electron chi connectivity index (χ2n) is 5.60. The Bertz CT molecular complexity index is 432. The van der Waals surface area contributed by atoms with Gasteiger partial charge in [-0.2, -0.15) is 0 Å². The van der Waals surface area contributed by atoms with E-state index in [1.165, 1.54) is 12.5 Å². The molecule has 3 N–H and O–H groups in total. The molecule has 0 saturated heterocycles. The number of halogens is 2. The molecule has 17 heavy (non-hydrogen) atoms. The number of nitrogens with one attached hydrogen (secondary N) is 1. The van der Waals surface area contributed by atoms with Gasteiger partial charge in [0.2, 0.25) is 0 Å². The van der Waals surface area contributed by atoms with Gasteiger partial charge in [0.15, 0.2) is 0 Å². The van der Waals surface area contributed by atoms with Gasteiger partial charge in [-0.15, -0.1) is 0 Å². The first kappa shape index (κ1) is 12.9. The van der Waals surface area contributed by atoms with Crippen LogP contribution in [0, 0.1) is 14.8 Å². The van der Waals surface area contributed by atoms with Crippen LogP contribution in [0.3, 0.4) is 0 Å². The molecule has 1 unspecified atom stereocenters. The van der Waals surface area contributed by atoms with Crippen molar-refractivity contribution in [1.29, 1.82) is 0 Å². The lowest BCUT2D eigenvalue weighted by molar-refractivity contribution is 0.378. The van der Waals surface area contributed by atoms with Crippen molar-refractivity contribution in [3.05, 3.63) is 21.5 Å². The van der Waals surface area contributed by atoms with Crippen molar-refractivity contribution in [2.24, 2.45) is 5.41 Å². The summed E-state index contributed by atoms with van der Waals surface area (Å²) >= 11 is 1.95. The fraction of sp³-hybridized carbons (Fsp3) is 0.538. The number of benzene rings is 1. The largest absolute Gasteiger partial charge is 0.397 e. The molecule has 1 saturated carbocycles. The van der Waals surface area contributed by atoms with E-state index in [-0.39, 0.29) is 5.82 Å². The molecule has 0 aliphatic heterocycles. The van der Waals surface area contributed by atoms with Crippen molar-refractivity contribution in [3.8, 4) is 0 Å². The van der Waals surface area contributed by atoms with E-state index in [9.17, 15) is 4.39 Å². The molecule has 0 heterocycles. The van der Waals surface area contributed by atoms with Crippen molar-refractivity contribution in [2.45, 2.75) is 39.2 Å². The molecule has 0 radical (unpaired) electrons. The third-order valence-corrected chi connectivity index (χ3v) is 4.25. The van der Waals surface area contributed by atoms with Crippen LogP contribution in [0.4, 0.5) is 15.8 Å². The lowest BCUT2D eigenvalue weighted by Gasteiger charge is -2.19. The molecule has 1 aromatic rings. The van der Waals surface area contributed by atoms with Gasteiger partial charge in [0, 0.05) is 12.1 Å². The Morgan fingerprint density at radius 2 is 2.18 bits per heavy atom. The minimum atomic E-state index is -0.209. The van der Waals surface area contributed by atoms with Gasteiger partial charge >= 0.3 is 0 Å². The molecule has 0 spiro atoms. The van der Waals surface area contributed by atoms with Crippen LogP contribution < -0.4 is 11.1 Å². The normalized spacial score (nSPS) is 22.7. The van der Waals surface area contributed by atoms with E-state index in [4.69, 9.17) is 5.73 Å². The molecule has 0 bridgehead atoms. The van der Waals surface area contributed by atoms with Gasteiger partial charge in [-0.1, -0.05) is 13.8 Å². The zero-order valence-corrected chi connectivity index (χ0v) is 12.3. The van der Waals surface area contributed by atoms with E-state index in [2.05, 4.69) is 19.2 Å². The number of rotatable bonds is 2. The third-order valence-electron chi connectivity index (χ3n) is 3.42. The molecule has 94 valence electrons. The fourth-order valence-electron chi connectivity index (χ4n) is 2.47. The van der Waals surface area contributed by atoms with Crippen LogP contribution in [0.1, 0.15) is 33.1 Å². The molecule has 4 heteroatoms. The summed E-state index contributed by atoms with van der Waals surface area (Å²) in [4.78, 5) is 0. The first-order valence-electron chi connectivity index (χ1n) is 5.88. The molecule has 1 fully saturated rings. The maximum Gasteiger partial charge on any atom is 0.138 e. The maximum atomic E-state index is 13.5. The minimum Gasteiger partial charge on any atom is -0.397 e. The Hall–Kier alpha value is -0.520. The quantitative estimate of drug-likeness (QED) is 0.626. The summed E-state index contributed by atoms with van der Waals surface area (Å²) in [5, 5.41) is 3.36.